The highest BCUT2D eigenvalue weighted by Crippen LogP contribution is 2.39. The molecule has 0 aliphatic carbocycles. The molecule has 0 aromatic carbocycles. The molecule has 1 saturated heterocycles. The first-order chi connectivity index (χ1) is 8.25. The number of anilines is 2. The van der Waals surface area contributed by atoms with E-state index in [9.17, 15) is 9.59 Å². The first-order valence-corrected chi connectivity index (χ1v) is 6.75. The average molecular weight is 251 g/mol. The minimum atomic E-state index is -0.530. The topological polar surface area (TPSA) is 74.0 Å². The summed E-state index contributed by atoms with van der Waals surface area (Å²) in [5.41, 5.74) is 1.36. The van der Waals surface area contributed by atoms with Gasteiger partial charge < -0.3 is 15.6 Å². The van der Waals surface area contributed by atoms with Crippen LogP contribution in [-0.4, -0.2) is 34.2 Å². The van der Waals surface area contributed by atoms with Gasteiger partial charge in [-0.05, 0) is 24.3 Å². The van der Waals surface area contributed by atoms with Crippen LogP contribution < -0.4 is 10.6 Å². The molecule has 5 nitrogen and oxygen atoms in total. The number of carbonyl (C=O) groups is 2. The van der Waals surface area contributed by atoms with Gasteiger partial charge in [-0.2, -0.15) is 11.8 Å². The van der Waals surface area contributed by atoms with Gasteiger partial charge >= 0.3 is 0 Å². The van der Waals surface area contributed by atoms with Crippen LogP contribution in [0.3, 0.4) is 0 Å². The van der Waals surface area contributed by atoms with E-state index in [4.69, 9.17) is 0 Å². The highest BCUT2D eigenvalue weighted by molar-refractivity contribution is 7.99. The predicted octanol–water partition coefficient (Wildman–Crippen LogP) is 1.46. The lowest BCUT2D eigenvalue weighted by Crippen LogP contribution is -2.54. The summed E-state index contributed by atoms with van der Waals surface area (Å²) < 4.78 is 0. The van der Waals surface area contributed by atoms with Gasteiger partial charge in [0.15, 0.2) is 6.29 Å². The molecule has 0 bridgehead atoms. The largest absolute Gasteiger partial charge is 0.368 e. The molecule has 0 atom stereocenters. The van der Waals surface area contributed by atoms with Crippen molar-refractivity contribution in [3.8, 4) is 0 Å². The molecule has 2 aliphatic heterocycles. The molecule has 1 fully saturated rings. The summed E-state index contributed by atoms with van der Waals surface area (Å²) in [5, 5.41) is 6.15. The summed E-state index contributed by atoms with van der Waals surface area (Å²) in [5.74, 6) is 1.95. The Kier molecular flexibility index (Phi) is 2.39. The van der Waals surface area contributed by atoms with E-state index in [0.717, 1.165) is 36.3 Å². The summed E-state index contributed by atoms with van der Waals surface area (Å²) in [7, 11) is 0. The fourth-order valence-corrected chi connectivity index (χ4v) is 3.57. The van der Waals surface area contributed by atoms with Gasteiger partial charge in [0.2, 0.25) is 5.91 Å². The Morgan fingerprint density at radius 2 is 2.12 bits per heavy atom. The highest BCUT2D eigenvalue weighted by Gasteiger charge is 2.43. The maximum atomic E-state index is 12.1. The number of hydrogen-bond donors (Lipinski definition) is 3. The number of carbonyl (C=O) groups excluding carboxylic acids is 2. The van der Waals surface area contributed by atoms with E-state index >= 15 is 0 Å². The van der Waals surface area contributed by atoms with Crippen LogP contribution in [0.2, 0.25) is 0 Å². The van der Waals surface area contributed by atoms with Crippen LogP contribution in [0.15, 0.2) is 6.20 Å². The summed E-state index contributed by atoms with van der Waals surface area (Å²) in [6.07, 6.45) is 4.02. The number of aromatic nitrogens is 1. The maximum Gasteiger partial charge on any atom is 0.250 e. The lowest BCUT2D eigenvalue weighted by atomic mass is 9.89. The molecule has 0 radical (unpaired) electrons. The molecular weight excluding hydrogens is 238 g/mol. The number of amides is 1. The third-order valence-electron chi connectivity index (χ3n) is 3.42. The second kappa shape index (κ2) is 3.80. The van der Waals surface area contributed by atoms with E-state index in [0.29, 0.717) is 11.4 Å². The fourth-order valence-electron chi connectivity index (χ4n) is 2.38. The Labute approximate surface area is 103 Å². The number of aromatic amines is 1. The highest BCUT2D eigenvalue weighted by atomic mass is 32.2. The summed E-state index contributed by atoms with van der Waals surface area (Å²) >= 11 is 1.86. The van der Waals surface area contributed by atoms with Crippen molar-refractivity contribution < 1.29 is 9.59 Å². The van der Waals surface area contributed by atoms with Gasteiger partial charge in [-0.3, -0.25) is 9.59 Å². The molecule has 1 amide bonds. The predicted molar refractivity (Wildman–Crippen MR) is 67.7 cm³/mol. The van der Waals surface area contributed by atoms with Crippen LogP contribution >= 0.6 is 11.8 Å². The summed E-state index contributed by atoms with van der Waals surface area (Å²) in [6.45, 7) is 0. The molecule has 1 aromatic rings. The number of fused-ring (bicyclic) bond motifs is 1. The zero-order valence-corrected chi connectivity index (χ0v) is 10.0. The standard InChI is InChI=1S/C11H13N3O2S/c15-6-8-9-7(5-12-8)13-10(16)11(14-9)1-3-17-4-2-11/h5-6,12,14H,1-4H2,(H,13,16). The van der Waals surface area contributed by atoms with E-state index in [1.807, 2.05) is 11.8 Å². The van der Waals surface area contributed by atoms with Crippen molar-refractivity contribution in [2.45, 2.75) is 18.4 Å². The van der Waals surface area contributed by atoms with E-state index in [1.54, 1.807) is 6.20 Å². The van der Waals surface area contributed by atoms with Crippen LogP contribution in [-0.2, 0) is 4.79 Å². The van der Waals surface area contributed by atoms with Gasteiger partial charge in [0.25, 0.3) is 0 Å². The maximum absolute atomic E-state index is 12.1. The minimum Gasteiger partial charge on any atom is -0.368 e. The third kappa shape index (κ3) is 1.55. The third-order valence-corrected chi connectivity index (χ3v) is 4.41. The van der Waals surface area contributed by atoms with Crippen molar-refractivity contribution in [2.24, 2.45) is 0 Å². The SMILES string of the molecule is O=Cc1[nH]cc2c1NC1(CCSCC1)C(=O)N2. The molecule has 17 heavy (non-hydrogen) atoms. The van der Waals surface area contributed by atoms with Crippen molar-refractivity contribution in [1.82, 2.24) is 4.98 Å². The van der Waals surface area contributed by atoms with Crippen LogP contribution in [0, 0.1) is 0 Å². The molecule has 0 unspecified atom stereocenters. The number of aldehydes is 1. The molecule has 1 aromatic heterocycles. The summed E-state index contributed by atoms with van der Waals surface area (Å²) in [6, 6.07) is 0. The zero-order valence-electron chi connectivity index (χ0n) is 9.21. The van der Waals surface area contributed by atoms with E-state index in [1.165, 1.54) is 0 Å². The van der Waals surface area contributed by atoms with Gasteiger partial charge in [0.1, 0.15) is 11.2 Å². The molecule has 6 heteroatoms. The lowest BCUT2D eigenvalue weighted by molar-refractivity contribution is -0.120. The summed E-state index contributed by atoms with van der Waals surface area (Å²) in [4.78, 5) is 25.9. The van der Waals surface area contributed by atoms with Gasteiger partial charge in [-0.15, -0.1) is 0 Å². The van der Waals surface area contributed by atoms with E-state index in [2.05, 4.69) is 15.6 Å². The van der Waals surface area contributed by atoms with Gasteiger partial charge in [0.05, 0.1) is 11.4 Å². The van der Waals surface area contributed by atoms with Crippen molar-refractivity contribution in [1.29, 1.82) is 0 Å². The van der Waals surface area contributed by atoms with Crippen molar-refractivity contribution in [3.63, 3.8) is 0 Å². The van der Waals surface area contributed by atoms with Crippen LogP contribution in [0.4, 0.5) is 11.4 Å². The molecule has 3 heterocycles. The van der Waals surface area contributed by atoms with E-state index < -0.39 is 5.54 Å². The Morgan fingerprint density at radius 3 is 2.82 bits per heavy atom. The number of rotatable bonds is 1. The second-order valence-corrected chi connectivity index (χ2v) is 5.61. The first-order valence-electron chi connectivity index (χ1n) is 5.59. The Hall–Kier alpha value is -1.43. The lowest BCUT2D eigenvalue weighted by Gasteiger charge is -2.40. The van der Waals surface area contributed by atoms with Crippen molar-refractivity contribution >= 4 is 35.3 Å². The molecular formula is C11H13N3O2S. The van der Waals surface area contributed by atoms with Crippen molar-refractivity contribution in [2.75, 3.05) is 22.1 Å². The molecule has 0 saturated carbocycles. The fraction of sp³-hybridized carbons (Fsp3) is 0.455. The van der Waals surface area contributed by atoms with Crippen molar-refractivity contribution in [3.05, 3.63) is 11.9 Å². The molecule has 1 spiro atoms. The molecule has 3 rings (SSSR count). The Morgan fingerprint density at radius 1 is 1.35 bits per heavy atom. The number of H-pyrrole nitrogens is 1. The molecule has 90 valence electrons. The Balaban J connectivity index is 2.00. The smallest absolute Gasteiger partial charge is 0.250 e. The number of hydrogen-bond acceptors (Lipinski definition) is 4. The van der Waals surface area contributed by atoms with Crippen LogP contribution in [0.25, 0.3) is 0 Å². The normalized spacial score (nSPS) is 21.5. The van der Waals surface area contributed by atoms with Crippen LogP contribution in [0.5, 0.6) is 0 Å². The number of nitrogens with one attached hydrogen (secondary N) is 3. The number of thioether (sulfide) groups is 1. The minimum absolute atomic E-state index is 0.0155. The zero-order chi connectivity index (χ0) is 11.9. The monoisotopic (exact) mass is 251 g/mol. The van der Waals surface area contributed by atoms with Gasteiger partial charge in [0, 0.05) is 6.20 Å². The Bertz CT molecular complexity index is 477. The first kappa shape index (κ1) is 10.7. The average Bonchev–Trinajstić information content (AvgIpc) is 2.73. The quantitative estimate of drug-likeness (QED) is 0.661. The van der Waals surface area contributed by atoms with Crippen LogP contribution in [0.1, 0.15) is 23.3 Å². The molecule has 2 aliphatic rings. The van der Waals surface area contributed by atoms with Gasteiger partial charge in [-0.25, -0.2) is 0 Å². The molecule has 3 N–H and O–H groups in total. The second-order valence-electron chi connectivity index (χ2n) is 4.38. The van der Waals surface area contributed by atoms with E-state index in [-0.39, 0.29) is 5.91 Å². The van der Waals surface area contributed by atoms with Gasteiger partial charge in [-0.1, -0.05) is 0 Å².